The average molecular weight is 400 g/mol. The fraction of sp³-hybridized carbons (Fsp3) is 0.500. The van der Waals surface area contributed by atoms with Crippen molar-refractivity contribution in [3.63, 3.8) is 0 Å². The van der Waals surface area contributed by atoms with Crippen molar-refractivity contribution in [3.8, 4) is 0 Å². The number of aryl methyl sites for hydroxylation is 2. The molecule has 1 atom stereocenters. The van der Waals surface area contributed by atoms with Crippen LogP contribution in [0.3, 0.4) is 0 Å². The molecule has 1 unspecified atom stereocenters. The predicted molar refractivity (Wildman–Crippen MR) is 112 cm³/mol. The summed E-state index contributed by atoms with van der Waals surface area (Å²) in [5.74, 6) is 0. The van der Waals surface area contributed by atoms with E-state index in [1.165, 1.54) is 0 Å². The van der Waals surface area contributed by atoms with Gasteiger partial charge in [-0.1, -0.05) is 6.07 Å². The van der Waals surface area contributed by atoms with Gasteiger partial charge in [-0.05, 0) is 74.9 Å². The van der Waals surface area contributed by atoms with E-state index in [4.69, 9.17) is 0 Å². The van der Waals surface area contributed by atoms with Gasteiger partial charge in [0.1, 0.15) is 0 Å². The van der Waals surface area contributed by atoms with E-state index in [1.807, 2.05) is 40.0 Å². The second-order valence-corrected chi connectivity index (χ2v) is 10.4. The summed E-state index contributed by atoms with van der Waals surface area (Å²) < 4.78 is 28.9. The first-order valence-electron chi connectivity index (χ1n) is 9.96. The Morgan fingerprint density at radius 2 is 1.68 bits per heavy atom. The lowest BCUT2D eigenvalue weighted by molar-refractivity contribution is 0.341. The van der Waals surface area contributed by atoms with Gasteiger partial charge in [-0.25, -0.2) is 8.42 Å². The number of sulfonamides is 1. The van der Waals surface area contributed by atoms with Gasteiger partial charge in [0.25, 0.3) is 0 Å². The predicted octanol–water partition coefficient (Wildman–Crippen LogP) is 3.61. The fourth-order valence-electron chi connectivity index (χ4n) is 4.83. The molecule has 1 aromatic heterocycles. The third-order valence-electron chi connectivity index (χ3n) is 6.75. The number of hydrogen-bond acceptors (Lipinski definition) is 4. The quantitative estimate of drug-likeness (QED) is 0.791. The highest BCUT2D eigenvalue weighted by Crippen LogP contribution is 2.43. The molecule has 0 amide bonds. The van der Waals surface area contributed by atoms with Gasteiger partial charge in [0.15, 0.2) is 0 Å². The number of benzene rings is 1. The maximum atomic E-state index is 13.6. The Morgan fingerprint density at radius 3 is 2.32 bits per heavy atom. The van der Waals surface area contributed by atoms with Crippen LogP contribution >= 0.6 is 0 Å². The number of rotatable bonds is 3. The summed E-state index contributed by atoms with van der Waals surface area (Å²) in [4.78, 5) is 7.09. The topological polar surface area (TPSA) is 53.5 Å². The minimum Gasteiger partial charge on any atom is -0.370 e. The van der Waals surface area contributed by atoms with Crippen molar-refractivity contribution in [1.82, 2.24) is 9.29 Å². The van der Waals surface area contributed by atoms with Gasteiger partial charge in [-0.2, -0.15) is 4.31 Å². The van der Waals surface area contributed by atoms with Crippen LogP contribution in [0.4, 0.5) is 5.69 Å². The van der Waals surface area contributed by atoms with Crippen molar-refractivity contribution >= 4 is 15.7 Å². The van der Waals surface area contributed by atoms with E-state index >= 15 is 0 Å². The van der Waals surface area contributed by atoms with Gasteiger partial charge in [0, 0.05) is 37.8 Å². The number of aromatic nitrogens is 1. The summed E-state index contributed by atoms with van der Waals surface area (Å²) in [6.07, 6.45) is 5.63. The first kappa shape index (κ1) is 19.4. The van der Waals surface area contributed by atoms with E-state index in [0.717, 1.165) is 53.9 Å². The van der Waals surface area contributed by atoms with E-state index < -0.39 is 10.0 Å². The summed E-state index contributed by atoms with van der Waals surface area (Å²) in [5.41, 5.74) is 5.02. The molecule has 1 aromatic carbocycles. The third kappa shape index (κ3) is 3.12. The molecule has 2 aliphatic rings. The molecule has 2 aliphatic heterocycles. The van der Waals surface area contributed by atoms with E-state index in [1.54, 1.807) is 10.5 Å². The van der Waals surface area contributed by atoms with Gasteiger partial charge in [0.2, 0.25) is 10.0 Å². The zero-order valence-corrected chi connectivity index (χ0v) is 18.0. The zero-order valence-electron chi connectivity index (χ0n) is 17.2. The molecular formula is C22H29N3O2S. The number of anilines is 1. The molecule has 5 nitrogen and oxygen atoms in total. The van der Waals surface area contributed by atoms with E-state index in [-0.39, 0.29) is 5.41 Å². The van der Waals surface area contributed by atoms with Crippen LogP contribution in [0.25, 0.3) is 0 Å². The standard InChI is InChI=1S/C22H29N3O2S/c1-16-12-17(2)19(4)21(18(16)3)28(26,27)25-11-8-22(15-25)7-10-24(14-22)20-6-5-9-23-13-20/h5-6,9,12-13H,7-8,10-11,14-15H2,1-4H3. The lowest BCUT2D eigenvalue weighted by Gasteiger charge is -2.26. The minimum absolute atomic E-state index is 0.0452. The molecule has 2 aromatic rings. The van der Waals surface area contributed by atoms with Crippen LogP contribution in [0.5, 0.6) is 0 Å². The fourth-order valence-corrected chi connectivity index (χ4v) is 6.95. The van der Waals surface area contributed by atoms with Crippen LogP contribution in [-0.2, 0) is 10.0 Å². The molecule has 4 rings (SSSR count). The summed E-state index contributed by atoms with van der Waals surface area (Å²) in [6, 6.07) is 6.12. The van der Waals surface area contributed by atoms with Crippen molar-refractivity contribution in [2.75, 3.05) is 31.1 Å². The Bertz CT molecular complexity index is 978. The SMILES string of the molecule is Cc1cc(C)c(C)c(S(=O)(=O)N2CCC3(CCN(c4cccnc4)C3)C2)c1C. The van der Waals surface area contributed by atoms with Gasteiger partial charge in [0.05, 0.1) is 16.8 Å². The second-order valence-electron chi connectivity index (χ2n) is 8.56. The maximum Gasteiger partial charge on any atom is 0.243 e. The monoisotopic (exact) mass is 399 g/mol. The average Bonchev–Trinajstić information content (AvgIpc) is 3.29. The molecule has 2 saturated heterocycles. The highest BCUT2D eigenvalue weighted by molar-refractivity contribution is 7.89. The van der Waals surface area contributed by atoms with Gasteiger partial charge in [-0.15, -0.1) is 0 Å². The molecule has 0 radical (unpaired) electrons. The summed E-state index contributed by atoms with van der Waals surface area (Å²) in [7, 11) is -3.49. The first-order valence-corrected chi connectivity index (χ1v) is 11.4. The Morgan fingerprint density at radius 1 is 1.00 bits per heavy atom. The van der Waals surface area contributed by atoms with Gasteiger partial charge in [-0.3, -0.25) is 4.98 Å². The third-order valence-corrected chi connectivity index (χ3v) is 8.87. The van der Waals surface area contributed by atoms with Gasteiger partial charge < -0.3 is 4.90 Å². The molecule has 0 bridgehead atoms. The molecule has 6 heteroatoms. The summed E-state index contributed by atoms with van der Waals surface area (Å²) in [6.45, 7) is 10.9. The number of hydrogen-bond donors (Lipinski definition) is 0. The van der Waals surface area contributed by atoms with E-state index in [0.29, 0.717) is 18.0 Å². The van der Waals surface area contributed by atoms with Crippen LogP contribution in [0.15, 0.2) is 35.5 Å². The van der Waals surface area contributed by atoms with E-state index in [2.05, 4.69) is 22.0 Å². The van der Waals surface area contributed by atoms with Crippen molar-refractivity contribution in [2.24, 2.45) is 5.41 Å². The zero-order chi connectivity index (χ0) is 20.1. The van der Waals surface area contributed by atoms with Crippen LogP contribution in [0.1, 0.15) is 35.1 Å². The molecule has 2 fully saturated rings. The van der Waals surface area contributed by atoms with Crippen molar-refractivity contribution in [1.29, 1.82) is 0 Å². The smallest absolute Gasteiger partial charge is 0.243 e. The Hall–Kier alpha value is -1.92. The summed E-state index contributed by atoms with van der Waals surface area (Å²) in [5, 5.41) is 0. The molecule has 150 valence electrons. The summed E-state index contributed by atoms with van der Waals surface area (Å²) >= 11 is 0. The Balaban J connectivity index is 1.60. The molecule has 0 N–H and O–H groups in total. The highest BCUT2D eigenvalue weighted by atomic mass is 32.2. The van der Waals surface area contributed by atoms with Gasteiger partial charge >= 0.3 is 0 Å². The van der Waals surface area contributed by atoms with Crippen molar-refractivity contribution < 1.29 is 8.42 Å². The number of pyridine rings is 1. The molecular weight excluding hydrogens is 370 g/mol. The highest BCUT2D eigenvalue weighted by Gasteiger charge is 2.47. The molecule has 1 spiro atoms. The lowest BCUT2D eigenvalue weighted by Crippen LogP contribution is -2.34. The number of nitrogens with zero attached hydrogens (tertiary/aromatic N) is 3. The second kappa shape index (κ2) is 6.85. The van der Waals surface area contributed by atoms with Crippen LogP contribution in [0.2, 0.25) is 0 Å². The normalized spacial score (nSPS) is 23.1. The largest absolute Gasteiger partial charge is 0.370 e. The molecule has 28 heavy (non-hydrogen) atoms. The van der Waals surface area contributed by atoms with Crippen LogP contribution < -0.4 is 4.90 Å². The molecule has 0 aliphatic carbocycles. The van der Waals surface area contributed by atoms with Crippen molar-refractivity contribution in [2.45, 2.75) is 45.4 Å². The Labute approximate surface area is 168 Å². The van der Waals surface area contributed by atoms with Crippen molar-refractivity contribution in [3.05, 3.63) is 52.8 Å². The Kier molecular flexibility index (Phi) is 4.74. The first-order chi connectivity index (χ1) is 13.2. The van der Waals surface area contributed by atoms with Crippen LogP contribution in [0, 0.1) is 33.1 Å². The molecule has 0 saturated carbocycles. The minimum atomic E-state index is -3.49. The molecule has 3 heterocycles. The van der Waals surface area contributed by atoms with Crippen LogP contribution in [-0.4, -0.2) is 43.9 Å². The van der Waals surface area contributed by atoms with E-state index in [9.17, 15) is 8.42 Å². The maximum absolute atomic E-state index is 13.6. The lowest BCUT2D eigenvalue weighted by atomic mass is 9.86.